The Balaban J connectivity index is 0.00000363. The predicted octanol–water partition coefficient (Wildman–Crippen LogP) is 3.99. The van der Waals surface area contributed by atoms with Crippen LogP contribution in [0.2, 0.25) is 0 Å². The maximum Gasteiger partial charge on any atom is 0.225 e. The lowest BCUT2D eigenvalue weighted by Gasteiger charge is -2.26. The Morgan fingerprint density at radius 2 is 1.84 bits per heavy atom. The zero-order valence-electron chi connectivity index (χ0n) is 20.1. The van der Waals surface area contributed by atoms with Crippen LogP contribution in [-0.2, 0) is 17.9 Å². The molecule has 7 heteroatoms. The molecule has 2 aliphatic rings. The van der Waals surface area contributed by atoms with Crippen molar-refractivity contribution in [3.63, 3.8) is 0 Å². The number of amides is 1. The van der Waals surface area contributed by atoms with Crippen LogP contribution in [0.3, 0.4) is 0 Å². The molecule has 0 aromatic heterocycles. The molecule has 1 aromatic carbocycles. The van der Waals surface area contributed by atoms with Crippen molar-refractivity contribution in [2.24, 2.45) is 10.9 Å². The van der Waals surface area contributed by atoms with Crippen molar-refractivity contribution in [3.05, 3.63) is 35.4 Å². The van der Waals surface area contributed by atoms with Gasteiger partial charge in [-0.15, -0.1) is 24.0 Å². The van der Waals surface area contributed by atoms with E-state index in [-0.39, 0.29) is 35.9 Å². The van der Waals surface area contributed by atoms with Gasteiger partial charge < -0.3 is 15.5 Å². The van der Waals surface area contributed by atoms with Crippen LogP contribution >= 0.6 is 24.0 Å². The molecule has 32 heavy (non-hydrogen) atoms. The fourth-order valence-electron chi connectivity index (χ4n) is 4.80. The fraction of sp³-hybridized carbons (Fsp3) is 0.680. The molecule has 180 valence electrons. The second kappa shape index (κ2) is 14.0. The molecule has 0 radical (unpaired) electrons. The highest BCUT2D eigenvalue weighted by atomic mass is 127. The summed E-state index contributed by atoms with van der Waals surface area (Å²) in [5, 5.41) is 6.98. The van der Waals surface area contributed by atoms with Crippen molar-refractivity contribution in [1.29, 1.82) is 0 Å². The Kier molecular flexibility index (Phi) is 11.8. The van der Waals surface area contributed by atoms with E-state index in [0.29, 0.717) is 5.91 Å². The average molecular weight is 556 g/mol. The lowest BCUT2D eigenvalue weighted by atomic mass is 9.88. The number of hydrogen-bond acceptors (Lipinski definition) is 3. The van der Waals surface area contributed by atoms with Gasteiger partial charge in [-0.1, -0.05) is 57.4 Å². The summed E-state index contributed by atoms with van der Waals surface area (Å²) in [5.41, 5.74) is 2.60. The first-order valence-electron chi connectivity index (χ1n) is 12.2. The molecule has 1 saturated carbocycles. The van der Waals surface area contributed by atoms with E-state index >= 15 is 0 Å². The Labute approximate surface area is 211 Å². The molecule has 2 fully saturated rings. The highest BCUT2D eigenvalue weighted by molar-refractivity contribution is 14.0. The van der Waals surface area contributed by atoms with Crippen LogP contribution in [0.5, 0.6) is 0 Å². The van der Waals surface area contributed by atoms with Crippen LogP contribution < -0.4 is 10.6 Å². The molecule has 0 bridgehead atoms. The summed E-state index contributed by atoms with van der Waals surface area (Å²) in [6, 6.07) is 9.04. The van der Waals surface area contributed by atoms with Gasteiger partial charge in [0.15, 0.2) is 5.96 Å². The third-order valence-electron chi connectivity index (χ3n) is 6.77. The number of aliphatic imine (C=N–C) groups is 1. The Morgan fingerprint density at radius 3 is 2.53 bits per heavy atom. The van der Waals surface area contributed by atoms with Gasteiger partial charge in [0.2, 0.25) is 5.91 Å². The zero-order chi connectivity index (χ0) is 22.1. The van der Waals surface area contributed by atoms with Crippen molar-refractivity contribution in [2.45, 2.75) is 71.5 Å². The Morgan fingerprint density at radius 1 is 1.12 bits per heavy atom. The van der Waals surface area contributed by atoms with Crippen LogP contribution in [0, 0.1) is 5.92 Å². The maximum atomic E-state index is 12.8. The molecule has 1 aromatic rings. The third kappa shape index (κ3) is 7.90. The third-order valence-corrected chi connectivity index (χ3v) is 6.77. The average Bonchev–Trinajstić information content (AvgIpc) is 3.29. The van der Waals surface area contributed by atoms with Gasteiger partial charge in [0.25, 0.3) is 0 Å². The first-order valence-corrected chi connectivity index (χ1v) is 12.2. The van der Waals surface area contributed by atoms with Crippen molar-refractivity contribution in [1.82, 2.24) is 20.4 Å². The summed E-state index contributed by atoms with van der Waals surface area (Å²) in [4.78, 5) is 21.7. The highest BCUT2D eigenvalue weighted by Gasteiger charge is 2.31. The molecule has 0 spiro atoms. The SMILES string of the molecule is CCN(CC)Cc1cccc(CNC(=NC)NC2CCN(C(=O)C3CCCCC3)C2)c1.I. The number of rotatable bonds is 8. The number of nitrogens with one attached hydrogen (secondary N) is 2. The van der Waals surface area contributed by atoms with Crippen LogP contribution in [0.4, 0.5) is 0 Å². The molecule has 1 amide bonds. The first kappa shape index (κ1) is 26.9. The van der Waals surface area contributed by atoms with E-state index in [2.05, 4.69) is 63.5 Å². The van der Waals surface area contributed by atoms with E-state index in [9.17, 15) is 4.79 Å². The summed E-state index contributed by atoms with van der Waals surface area (Å²) in [6.45, 7) is 9.92. The quantitative estimate of drug-likeness (QED) is 0.290. The van der Waals surface area contributed by atoms with Gasteiger partial charge in [-0.2, -0.15) is 0 Å². The largest absolute Gasteiger partial charge is 0.352 e. The van der Waals surface area contributed by atoms with Crippen LogP contribution in [0.1, 0.15) is 63.5 Å². The van der Waals surface area contributed by atoms with Gasteiger partial charge in [0, 0.05) is 45.2 Å². The minimum atomic E-state index is 0. The maximum absolute atomic E-state index is 12.8. The van der Waals surface area contributed by atoms with Gasteiger partial charge in [-0.05, 0) is 43.5 Å². The van der Waals surface area contributed by atoms with Gasteiger partial charge >= 0.3 is 0 Å². The van der Waals surface area contributed by atoms with E-state index in [4.69, 9.17) is 0 Å². The lowest BCUT2D eigenvalue weighted by Crippen LogP contribution is -2.45. The fourth-order valence-corrected chi connectivity index (χ4v) is 4.80. The van der Waals surface area contributed by atoms with Crippen LogP contribution in [0.25, 0.3) is 0 Å². The van der Waals surface area contributed by atoms with Crippen molar-refractivity contribution >= 4 is 35.8 Å². The number of carbonyl (C=O) groups is 1. The van der Waals surface area contributed by atoms with Crippen molar-refractivity contribution in [3.8, 4) is 0 Å². The molecule has 2 N–H and O–H groups in total. The number of halogens is 1. The molecule has 1 heterocycles. The molecule has 1 aliphatic carbocycles. The highest BCUT2D eigenvalue weighted by Crippen LogP contribution is 2.26. The summed E-state index contributed by atoms with van der Waals surface area (Å²) in [7, 11) is 1.81. The van der Waals surface area contributed by atoms with Crippen molar-refractivity contribution < 1.29 is 4.79 Å². The van der Waals surface area contributed by atoms with Crippen LogP contribution in [-0.4, -0.2) is 60.9 Å². The Bertz CT molecular complexity index is 731. The summed E-state index contributed by atoms with van der Waals surface area (Å²) in [5.74, 6) is 1.44. The zero-order valence-corrected chi connectivity index (χ0v) is 22.4. The molecular weight excluding hydrogens is 513 g/mol. The van der Waals surface area contributed by atoms with E-state index in [1.807, 2.05) is 7.05 Å². The Hall–Kier alpha value is -1.35. The van der Waals surface area contributed by atoms with E-state index < -0.39 is 0 Å². The second-order valence-electron chi connectivity index (χ2n) is 8.96. The number of guanidine groups is 1. The minimum absolute atomic E-state index is 0. The van der Waals surface area contributed by atoms with Crippen LogP contribution in [0.15, 0.2) is 29.3 Å². The van der Waals surface area contributed by atoms with Gasteiger partial charge in [0.05, 0.1) is 0 Å². The van der Waals surface area contributed by atoms with E-state index in [1.54, 1.807) is 0 Å². The molecule has 1 atom stereocenters. The number of carbonyl (C=O) groups excluding carboxylic acids is 1. The van der Waals surface area contributed by atoms with Gasteiger partial charge in [-0.3, -0.25) is 14.7 Å². The first-order chi connectivity index (χ1) is 15.1. The molecule has 1 unspecified atom stereocenters. The number of nitrogens with zero attached hydrogens (tertiary/aromatic N) is 3. The monoisotopic (exact) mass is 555 g/mol. The molecule has 3 rings (SSSR count). The molecular formula is C25H42IN5O. The minimum Gasteiger partial charge on any atom is -0.352 e. The second-order valence-corrected chi connectivity index (χ2v) is 8.96. The van der Waals surface area contributed by atoms with Gasteiger partial charge in [0.1, 0.15) is 0 Å². The molecule has 1 saturated heterocycles. The standard InChI is InChI=1S/C25H41N5O.HI/c1-4-29(5-2)18-21-11-9-10-20(16-21)17-27-25(26-3)28-23-14-15-30(19-23)24(31)22-12-7-6-8-13-22;/h9-11,16,22-23H,4-8,12-15,17-19H2,1-3H3,(H2,26,27,28);1H. The number of likely N-dealkylation sites (tertiary alicyclic amines) is 1. The smallest absolute Gasteiger partial charge is 0.225 e. The predicted molar refractivity (Wildman–Crippen MR) is 143 cm³/mol. The topological polar surface area (TPSA) is 60.0 Å². The molecule has 6 nitrogen and oxygen atoms in total. The summed E-state index contributed by atoms with van der Waals surface area (Å²) < 4.78 is 0. The van der Waals surface area contributed by atoms with Crippen molar-refractivity contribution in [2.75, 3.05) is 33.2 Å². The summed E-state index contributed by atoms with van der Waals surface area (Å²) >= 11 is 0. The normalized spacial score (nSPS) is 19.7. The molecule has 1 aliphatic heterocycles. The van der Waals surface area contributed by atoms with E-state index in [0.717, 1.165) is 64.5 Å². The number of hydrogen-bond donors (Lipinski definition) is 2. The van der Waals surface area contributed by atoms with Gasteiger partial charge in [-0.25, -0.2) is 0 Å². The lowest BCUT2D eigenvalue weighted by molar-refractivity contribution is -0.135. The van der Waals surface area contributed by atoms with E-state index in [1.165, 1.54) is 30.4 Å². The number of benzene rings is 1. The summed E-state index contributed by atoms with van der Waals surface area (Å²) in [6.07, 6.45) is 6.83.